The molecule has 0 saturated heterocycles. The number of hydrogen-bond donors (Lipinski definition) is 1. The first-order valence-corrected chi connectivity index (χ1v) is 3.99. The van der Waals surface area contributed by atoms with Gasteiger partial charge in [0, 0.05) is 0 Å². The lowest BCUT2D eigenvalue weighted by atomic mass is 10.3. The number of rotatable bonds is 1. The van der Waals surface area contributed by atoms with E-state index in [1.807, 2.05) is 36.4 Å². The Hall–Kier alpha value is -2.35. The van der Waals surface area contributed by atoms with Crippen LogP contribution in [0.15, 0.2) is 30.3 Å². The molecule has 0 unspecified atom stereocenters. The SMILES string of the molecule is N#Cc1nnc(N)n1-c1ccccc1. The highest BCUT2D eigenvalue weighted by atomic mass is 15.3. The van der Waals surface area contributed by atoms with Gasteiger partial charge in [0.15, 0.2) is 0 Å². The summed E-state index contributed by atoms with van der Waals surface area (Å²) in [5.74, 6) is 0.404. The molecule has 0 atom stereocenters. The Labute approximate surface area is 80.4 Å². The number of nitrogens with zero attached hydrogens (tertiary/aromatic N) is 4. The van der Waals surface area contributed by atoms with Crippen LogP contribution in [0.4, 0.5) is 5.95 Å². The quantitative estimate of drug-likeness (QED) is 0.709. The number of anilines is 1. The standard InChI is InChI=1S/C9H7N5/c10-6-8-12-13-9(11)14(8)7-4-2-1-3-5-7/h1-5H,(H2,11,13). The second-order valence-electron chi connectivity index (χ2n) is 2.66. The molecule has 2 N–H and O–H groups in total. The lowest BCUT2D eigenvalue weighted by Crippen LogP contribution is -2.02. The first-order chi connectivity index (χ1) is 6.83. The van der Waals surface area contributed by atoms with Crippen LogP contribution in [0.25, 0.3) is 5.69 Å². The zero-order valence-corrected chi connectivity index (χ0v) is 7.25. The molecule has 0 saturated carbocycles. The predicted octanol–water partition coefficient (Wildman–Crippen LogP) is 0.721. The second kappa shape index (κ2) is 3.18. The fourth-order valence-corrected chi connectivity index (χ4v) is 1.20. The average molecular weight is 185 g/mol. The minimum Gasteiger partial charge on any atom is -0.368 e. The minimum absolute atomic E-state index is 0.189. The number of para-hydroxylation sites is 1. The highest BCUT2D eigenvalue weighted by molar-refractivity contribution is 5.42. The molecule has 14 heavy (non-hydrogen) atoms. The van der Waals surface area contributed by atoms with Crippen molar-refractivity contribution in [3.05, 3.63) is 36.2 Å². The first kappa shape index (κ1) is 8.26. The van der Waals surface area contributed by atoms with Gasteiger partial charge in [-0.15, -0.1) is 10.2 Å². The smallest absolute Gasteiger partial charge is 0.241 e. The summed E-state index contributed by atoms with van der Waals surface area (Å²) < 4.78 is 1.50. The van der Waals surface area contributed by atoms with Crippen molar-refractivity contribution in [2.45, 2.75) is 0 Å². The molecule has 0 radical (unpaired) electrons. The highest BCUT2D eigenvalue weighted by Crippen LogP contribution is 2.12. The average Bonchev–Trinajstić information content (AvgIpc) is 2.61. The molecular formula is C9H7N5. The molecule has 0 aliphatic heterocycles. The van der Waals surface area contributed by atoms with Crippen LogP contribution in [0.1, 0.15) is 5.82 Å². The summed E-state index contributed by atoms with van der Waals surface area (Å²) in [6, 6.07) is 11.2. The second-order valence-corrected chi connectivity index (χ2v) is 2.66. The molecule has 0 amide bonds. The van der Waals surface area contributed by atoms with Gasteiger partial charge in [-0.3, -0.25) is 4.57 Å². The highest BCUT2D eigenvalue weighted by Gasteiger charge is 2.09. The van der Waals surface area contributed by atoms with E-state index in [2.05, 4.69) is 10.2 Å². The van der Waals surface area contributed by atoms with Crippen LogP contribution >= 0.6 is 0 Å². The fourth-order valence-electron chi connectivity index (χ4n) is 1.20. The monoisotopic (exact) mass is 185 g/mol. The molecule has 1 aromatic carbocycles. The molecule has 2 rings (SSSR count). The largest absolute Gasteiger partial charge is 0.368 e. The summed E-state index contributed by atoms with van der Waals surface area (Å²) in [5, 5.41) is 16.0. The van der Waals surface area contributed by atoms with Crippen molar-refractivity contribution in [3.63, 3.8) is 0 Å². The lowest BCUT2D eigenvalue weighted by Gasteiger charge is -2.02. The van der Waals surface area contributed by atoms with E-state index in [0.717, 1.165) is 5.69 Å². The third kappa shape index (κ3) is 1.19. The summed E-state index contributed by atoms with van der Waals surface area (Å²) in [6.07, 6.45) is 0. The van der Waals surface area contributed by atoms with Crippen molar-refractivity contribution in [1.82, 2.24) is 14.8 Å². The van der Waals surface area contributed by atoms with Gasteiger partial charge in [0.1, 0.15) is 6.07 Å². The van der Waals surface area contributed by atoms with E-state index in [9.17, 15) is 0 Å². The van der Waals surface area contributed by atoms with Crippen LogP contribution in [-0.2, 0) is 0 Å². The molecule has 0 aliphatic carbocycles. The van der Waals surface area contributed by atoms with E-state index < -0.39 is 0 Å². The van der Waals surface area contributed by atoms with Gasteiger partial charge < -0.3 is 5.73 Å². The Morgan fingerprint density at radius 2 is 1.93 bits per heavy atom. The first-order valence-electron chi connectivity index (χ1n) is 3.99. The maximum atomic E-state index is 8.76. The van der Waals surface area contributed by atoms with E-state index in [1.165, 1.54) is 4.57 Å². The predicted molar refractivity (Wildman–Crippen MR) is 50.5 cm³/mol. The van der Waals surface area contributed by atoms with Crippen molar-refractivity contribution >= 4 is 5.95 Å². The zero-order chi connectivity index (χ0) is 9.97. The van der Waals surface area contributed by atoms with Gasteiger partial charge in [0.2, 0.25) is 11.8 Å². The Morgan fingerprint density at radius 3 is 2.57 bits per heavy atom. The summed E-state index contributed by atoms with van der Waals surface area (Å²) in [5.41, 5.74) is 6.37. The maximum absolute atomic E-state index is 8.76. The molecule has 5 nitrogen and oxygen atoms in total. The molecular weight excluding hydrogens is 178 g/mol. The molecule has 5 heteroatoms. The van der Waals surface area contributed by atoms with E-state index in [4.69, 9.17) is 11.0 Å². The molecule has 68 valence electrons. The van der Waals surface area contributed by atoms with Crippen LogP contribution in [-0.4, -0.2) is 14.8 Å². The van der Waals surface area contributed by atoms with Crippen molar-refractivity contribution in [2.75, 3.05) is 5.73 Å². The van der Waals surface area contributed by atoms with Gasteiger partial charge in [-0.1, -0.05) is 18.2 Å². The van der Waals surface area contributed by atoms with E-state index >= 15 is 0 Å². The van der Waals surface area contributed by atoms with Crippen LogP contribution in [0.3, 0.4) is 0 Å². The number of hydrogen-bond acceptors (Lipinski definition) is 4. The van der Waals surface area contributed by atoms with E-state index in [0.29, 0.717) is 0 Å². The molecule has 0 spiro atoms. The lowest BCUT2D eigenvalue weighted by molar-refractivity contribution is 1.02. The summed E-state index contributed by atoms with van der Waals surface area (Å²) >= 11 is 0. The summed E-state index contributed by atoms with van der Waals surface area (Å²) in [4.78, 5) is 0. The Kier molecular flexibility index (Phi) is 1.88. The molecule has 0 bridgehead atoms. The minimum atomic E-state index is 0.189. The van der Waals surface area contributed by atoms with Crippen molar-refractivity contribution in [1.29, 1.82) is 5.26 Å². The third-order valence-electron chi connectivity index (χ3n) is 1.80. The zero-order valence-electron chi connectivity index (χ0n) is 7.25. The molecule has 0 fully saturated rings. The fraction of sp³-hybridized carbons (Fsp3) is 0. The number of nitrogens with two attached hydrogens (primary N) is 1. The Bertz CT molecular complexity index is 480. The van der Waals surface area contributed by atoms with Gasteiger partial charge in [-0.2, -0.15) is 5.26 Å². The molecule has 1 aromatic heterocycles. The Balaban J connectivity index is 2.63. The van der Waals surface area contributed by atoms with E-state index in [1.54, 1.807) is 0 Å². The third-order valence-corrected chi connectivity index (χ3v) is 1.80. The van der Waals surface area contributed by atoms with Crippen LogP contribution in [0.2, 0.25) is 0 Å². The van der Waals surface area contributed by atoms with Gasteiger partial charge in [-0.25, -0.2) is 0 Å². The van der Waals surface area contributed by atoms with Crippen molar-refractivity contribution < 1.29 is 0 Å². The number of nitriles is 1. The molecule has 2 aromatic rings. The maximum Gasteiger partial charge on any atom is 0.241 e. The van der Waals surface area contributed by atoms with Crippen LogP contribution in [0.5, 0.6) is 0 Å². The van der Waals surface area contributed by atoms with Crippen LogP contribution < -0.4 is 5.73 Å². The van der Waals surface area contributed by atoms with Gasteiger partial charge in [0.25, 0.3) is 0 Å². The number of aromatic nitrogens is 3. The van der Waals surface area contributed by atoms with Crippen molar-refractivity contribution in [2.24, 2.45) is 0 Å². The summed E-state index contributed by atoms with van der Waals surface area (Å²) in [7, 11) is 0. The van der Waals surface area contributed by atoms with Gasteiger partial charge in [0.05, 0.1) is 5.69 Å². The normalized spacial score (nSPS) is 9.64. The Morgan fingerprint density at radius 1 is 1.21 bits per heavy atom. The van der Waals surface area contributed by atoms with Crippen LogP contribution in [0, 0.1) is 11.3 Å². The number of benzene rings is 1. The topological polar surface area (TPSA) is 80.5 Å². The van der Waals surface area contributed by atoms with E-state index in [-0.39, 0.29) is 11.8 Å². The van der Waals surface area contributed by atoms with Crippen molar-refractivity contribution in [3.8, 4) is 11.8 Å². The number of nitrogen functional groups attached to an aromatic ring is 1. The summed E-state index contributed by atoms with van der Waals surface area (Å²) in [6.45, 7) is 0. The van der Waals surface area contributed by atoms with Gasteiger partial charge >= 0.3 is 0 Å². The molecule has 0 aliphatic rings. The van der Waals surface area contributed by atoms with Gasteiger partial charge in [-0.05, 0) is 12.1 Å². The molecule has 1 heterocycles.